The Bertz CT molecular complexity index is 722. The van der Waals surface area contributed by atoms with Crippen LogP contribution in [0.15, 0.2) is 43.4 Å². The lowest BCUT2D eigenvalue weighted by Crippen LogP contribution is -2.32. The Kier molecular flexibility index (Phi) is 9.61. The van der Waals surface area contributed by atoms with Gasteiger partial charge in [0, 0.05) is 57.4 Å². The van der Waals surface area contributed by atoms with Gasteiger partial charge >= 0.3 is 0 Å². The Morgan fingerprint density at radius 3 is 2.64 bits per heavy atom. The lowest BCUT2D eigenvalue weighted by atomic mass is 10.1. The highest BCUT2D eigenvalue weighted by atomic mass is 16.1. The second-order valence-electron chi connectivity index (χ2n) is 6.82. The van der Waals surface area contributed by atoms with Gasteiger partial charge in [0.1, 0.15) is 6.04 Å². The molecule has 0 aliphatic rings. The van der Waals surface area contributed by atoms with Crippen molar-refractivity contribution in [2.45, 2.75) is 19.5 Å². The normalized spacial score (nSPS) is 11.8. The Labute approximate surface area is 168 Å². The van der Waals surface area contributed by atoms with Gasteiger partial charge in [-0.3, -0.25) is 4.79 Å². The van der Waals surface area contributed by atoms with Gasteiger partial charge in [-0.05, 0) is 51.0 Å². The minimum Gasteiger partial charge on any atom is -0.393 e. The van der Waals surface area contributed by atoms with Gasteiger partial charge in [0.2, 0.25) is 0 Å². The molecule has 1 aromatic carbocycles. The standard InChI is InChI=1S/C21H32N6O/c1-7-26(6)16-19-14-18(21(28)24-11-12-25(4)5)8-9-20(19)27(13-10-23-3)17(2)15-22/h7-10,13-14,17,23H,1,11-12,16H2,2-6H3,(H,24,28)/b13-10-. The van der Waals surface area contributed by atoms with Crippen molar-refractivity contribution in [1.82, 2.24) is 20.4 Å². The van der Waals surface area contributed by atoms with Crippen molar-refractivity contribution in [3.05, 3.63) is 54.5 Å². The van der Waals surface area contributed by atoms with Gasteiger partial charge in [0.15, 0.2) is 0 Å². The fourth-order valence-corrected chi connectivity index (χ4v) is 2.57. The molecule has 2 N–H and O–H groups in total. The first kappa shape index (κ1) is 23.1. The number of benzene rings is 1. The number of hydrogen-bond donors (Lipinski definition) is 2. The van der Waals surface area contributed by atoms with Crippen LogP contribution in [0.5, 0.6) is 0 Å². The Morgan fingerprint density at radius 1 is 1.36 bits per heavy atom. The van der Waals surface area contributed by atoms with E-state index in [-0.39, 0.29) is 11.9 Å². The van der Waals surface area contributed by atoms with Crippen LogP contribution in [0.4, 0.5) is 5.69 Å². The second-order valence-corrected chi connectivity index (χ2v) is 6.82. The molecule has 0 heterocycles. The second kappa shape index (κ2) is 11.7. The van der Waals surface area contributed by atoms with E-state index in [1.807, 2.05) is 61.1 Å². The molecule has 0 spiro atoms. The van der Waals surface area contributed by atoms with E-state index in [0.29, 0.717) is 18.7 Å². The number of carbonyl (C=O) groups is 1. The average Bonchev–Trinajstić information content (AvgIpc) is 2.68. The van der Waals surface area contributed by atoms with E-state index >= 15 is 0 Å². The largest absolute Gasteiger partial charge is 0.393 e. The quantitative estimate of drug-likeness (QED) is 0.608. The number of likely N-dealkylation sites (N-methyl/N-ethyl adjacent to an activating group) is 1. The maximum absolute atomic E-state index is 12.5. The van der Waals surface area contributed by atoms with E-state index in [9.17, 15) is 10.1 Å². The maximum Gasteiger partial charge on any atom is 0.251 e. The van der Waals surface area contributed by atoms with Gasteiger partial charge in [0.25, 0.3) is 5.91 Å². The zero-order valence-electron chi connectivity index (χ0n) is 17.6. The van der Waals surface area contributed by atoms with Crippen molar-refractivity contribution in [2.24, 2.45) is 0 Å². The number of nitrogens with one attached hydrogen (secondary N) is 2. The van der Waals surface area contributed by atoms with E-state index in [0.717, 1.165) is 17.8 Å². The number of nitrogens with zero attached hydrogens (tertiary/aromatic N) is 4. The smallest absolute Gasteiger partial charge is 0.251 e. The van der Waals surface area contributed by atoms with Gasteiger partial charge < -0.3 is 25.3 Å². The van der Waals surface area contributed by atoms with Crippen LogP contribution in [-0.2, 0) is 6.54 Å². The van der Waals surface area contributed by atoms with E-state index in [2.05, 4.69) is 23.3 Å². The highest BCUT2D eigenvalue weighted by molar-refractivity contribution is 5.95. The summed E-state index contributed by atoms with van der Waals surface area (Å²) < 4.78 is 0. The summed E-state index contributed by atoms with van der Waals surface area (Å²) in [6, 6.07) is 7.47. The third-order valence-corrected chi connectivity index (χ3v) is 4.20. The highest BCUT2D eigenvalue weighted by Crippen LogP contribution is 2.26. The van der Waals surface area contributed by atoms with Crippen LogP contribution in [-0.4, -0.2) is 63.0 Å². The topological polar surface area (TPSA) is 74.6 Å². The summed E-state index contributed by atoms with van der Waals surface area (Å²) in [5.41, 5.74) is 2.40. The minimum absolute atomic E-state index is 0.110. The number of anilines is 1. The van der Waals surface area contributed by atoms with Crippen molar-refractivity contribution in [3.8, 4) is 6.07 Å². The lowest BCUT2D eigenvalue weighted by Gasteiger charge is -2.27. The van der Waals surface area contributed by atoms with Crippen LogP contribution in [0.3, 0.4) is 0 Å². The van der Waals surface area contributed by atoms with Gasteiger partial charge in [-0.2, -0.15) is 5.26 Å². The predicted molar refractivity (Wildman–Crippen MR) is 115 cm³/mol. The van der Waals surface area contributed by atoms with Gasteiger partial charge in [-0.1, -0.05) is 6.58 Å². The Balaban J connectivity index is 3.25. The van der Waals surface area contributed by atoms with Crippen LogP contribution in [0, 0.1) is 11.3 Å². The van der Waals surface area contributed by atoms with E-state index in [1.165, 1.54) is 0 Å². The molecule has 1 amide bonds. The molecule has 7 nitrogen and oxygen atoms in total. The average molecular weight is 385 g/mol. The van der Waals surface area contributed by atoms with Crippen molar-refractivity contribution < 1.29 is 4.79 Å². The Hall–Kier alpha value is -2.98. The summed E-state index contributed by atoms with van der Waals surface area (Å²) in [5.74, 6) is -0.110. The zero-order valence-corrected chi connectivity index (χ0v) is 17.6. The molecule has 1 rings (SSSR count). The van der Waals surface area contributed by atoms with E-state index < -0.39 is 0 Å². The molecule has 1 unspecified atom stereocenters. The molecule has 0 aromatic heterocycles. The third-order valence-electron chi connectivity index (χ3n) is 4.20. The summed E-state index contributed by atoms with van der Waals surface area (Å²) in [7, 11) is 7.66. The molecule has 0 saturated carbocycles. The predicted octanol–water partition coefficient (Wildman–Crippen LogP) is 1.96. The molecule has 1 aromatic rings. The third kappa shape index (κ3) is 6.97. The summed E-state index contributed by atoms with van der Waals surface area (Å²) in [6.45, 7) is 7.56. The number of nitriles is 1. The van der Waals surface area contributed by atoms with E-state index in [1.54, 1.807) is 25.5 Å². The highest BCUT2D eigenvalue weighted by Gasteiger charge is 2.18. The summed E-state index contributed by atoms with van der Waals surface area (Å²) in [5, 5.41) is 15.3. The molecule has 0 radical (unpaired) electrons. The number of rotatable bonds is 11. The van der Waals surface area contributed by atoms with E-state index in [4.69, 9.17) is 0 Å². The molecule has 0 aliphatic heterocycles. The molecule has 1 atom stereocenters. The van der Waals surface area contributed by atoms with Crippen molar-refractivity contribution in [1.29, 1.82) is 5.26 Å². The molecule has 0 fully saturated rings. The maximum atomic E-state index is 12.5. The van der Waals surface area contributed by atoms with Crippen LogP contribution in [0.2, 0.25) is 0 Å². The molecular formula is C21H32N6O. The molecule has 28 heavy (non-hydrogen) atoms. The van der Waals surface area contributed by atoms with Gasteiger partial charge in [-0.25, -0.2) is 0 Å². The molecule has 0 saturated heterocycles. The first-order valence-electron chi connectivity index (χ1n) is 9.24. The minimum atomic E-state index is -0.364. The summed E-state index contributed by atoms with van der Waals surface area (Å²) in [4.78, 5) is 18.4. The zero-order chi connectivity index (χ0) is 21.1. The van der Waals surface area contributed by atoms with Crippen molar-refractivity contribution >= 4 is 11.6 Å². The molecule has 152 valence electrons. The number of hydrogen-bond acceptors (Lipinski definition) is 6. The molecule has 7 heteroatoms. The SMILES string of the molecule is C=CN(C)Cc1cc(C(=O)NCCN(C)C)ccc1N(/C=C\NC)C(C)C#N. The summed E-state index contributed by atoms with van der Waals surface area (Å²) >= 11 is 0. The number of amides is 1. The monoisotopic (exact) mass is 384 g/mol. The van der Waals surface area contributed by atoms with Crippen LogP contribution in [0.1, 0.15) is 22.8 Å². The first-order valence-corrected chi connectivity index (χ1v) is 9.24. The van der Waals surface area contributed by atoms with Crippen LogP contribution in [0.25, 0.3) is 0 Å². The fraction of sp³-hybridized carbons (Fsp3) is 0.429. The fourth-order valence-electron chi connectivity index (χ4n) is 2.57. The van der Waals surface area contributed by atoms with Crippen molar-refractivity contribution in [3.63, 3.8) is 0 Å². The van der Waals surface area contributed by atoms with Crippen LogP contribution >= 0.6 is 0 Å². The first-order chi connectivity index (χ1) is 13.3. The van der Waals surface area contributed by atoms with Crippen molar-refractivity contribution in [2.75, 3.05) is 46.2 Å². The molecular weight excluding hydrogens is 352 g/mol. The number of carbonyl (C=O) groups excluding carboxylic acids is 1. The molecule has 0 bridgehead atoms. The van der Waals surface area contributed by atoms with Gasteiger partial charge in [0.05, 0.1) is 6.07 Å². The van der Waals surface area contributed by atoms with Crippen LogP contribution < -0.4 is 15.5 Å². The summed E-state index contributed by atoms with van der Waals surface area (Å²) in [6.07, 6.45) is 5.34. The Morgan fingerprint density at radius 2 is 2.07 bits per heavy atom. The van der Waals surface area contributed by atoms with Gasteiger partial charge in [-0.15, -0.1) is 0 Å². The lowest BCUT2D eigenvalue weighted by molar-refractivity contribution is 0.0951. The molecule has 0 aliphatic carbocycles.